The third kappa shape index (κ3) is 6.39. The standard InChI is InChI=1S/C44H40OSi2/c1-3-32-46(36-20-9-5-10-21-36,37-22-11-6-12-23-37)34-18-30-42-40-28-17-29-41(40)43(44(42)45)31-19-35-47(33-4-2,38-24-13-7-14-25-38)39-26-15-8-16-27-39/h3-16,20-27H,1-2,17,28-33H2. The van der Waals surface area contributed by atoms with E-state index in [4.69, 9.17) is 0 Å². The lowest BCUT2D eigenvalue weighted by Gasteiger charge is -2.26. The van der Waals surface area contributed by atoms with Crippen LogP contribution in [0.15, 0.2) is 169 Å². The Hall–Kier alpha value is -4.94. The molecule has 47 heavy (non-hydrogen) atoms. The first-order valence-corrected chi connectivity index (χ1v) is 21.0. The molecule has 4 aromatic rings. The largest absolute Gasteiger partial charge is 0.289 e. The van der Waals surface area contributed by atoms with Crippen molar-refractivity contribution in [2.75, 3.05) is 0 Å². The van der Waals surface area contributed by atoms with Gasteiger partial charge in [-0.05, 0) is 63.2 Å². The van der Waals surface area contributed by atoms with Gasteiger partial charge in [-0.15, -0.1) is 36.1 Å². The van der Waals surface area contributed by atoms with Crippen LogP contribution in [0.5, 0.6) is 0 Å². The fourth-order valence-electron chi connectivity index (χ4n) is 7.33. The van der Waals surface area contributed by atoms with Crippen LogP contribution in [0, 0.1) is 22.9 Å². The van der Waals surface area contributed by atoms with Crippen LogP contribution < -0.4 is 20.7 Å². The van der Waals surface area contributed by atoms with Crippen molar-refractivity contribution in [3.05, 3.63) is 169 Å². The molecule has 4 aromatic carbocycles. The first-order valence-electron chi connectivity index (χ1n) is 16.6. The molecule has 6 rings (SSSR count). The molecule has 0 aliphatic heterocycles. The summed E-state index contributed by atoms with van der Waals surface area (Å²) in [4.78, 5) is 14.1. The van der Waals surface area contributed by atoms with Gasteiger partial charge in [-0.1, -0.05) is 133 Å². The van der Waals surface area contributed by atoms with E-state index < -0.39 is 16.1 Å². The minimum atomic E-state index is -2.46. The van der Waals surface area contributed by atoms with E-state index in [1.165, 1.54) is 31.9 Å². The zero-order chi connectivity index (χ0) is 32.5. The molecule has 3 heteroatoms. The highest BCUT2D eigenvalue weighted by molar-refractivity contribution is 7.09. The van der Waals surface area contributed by atoms with Crippen LogP contribution >= 0.6 is 0 Å². The number of Topliss-reactive ketones (excluding diaryl/α,β-unsaturated/α-hetero) is 1. The molecule has 0 atom stereocenters. The maximum absolute atomic E-state index is 14.1. The number of hydrogen-bond donors (Lipinski definition) is 0. The highest BCUT2D eigenvalue weighted by Crippen LogP contribution is 2.43. The van der Waals surface area contributed by atoms with Crippen LogP contribution in [0.25, 0.3) is 0 Å². The minimum Gasteiger partial charge on any atom is -0.289 e. The summed E-state index contributed by atoms with van der Waals surface area (Å²) in [6, 6.07) is 44.3. The molecule has 0 heterocycles. The number of carbonyl (C=O) groups excluding carboxylic acids is 1. The van der Waals surface area contributed by atoms with Gasteiger partial charge in [0, 0.05) is 24.0 Å². The Morgan fingerprint density at radius 2 is 0.851 bits per heavy atom. The van der Waals surface area contributed by atoms with Crippen molar-refractivity contribution in [1.29, 1.82) is 0 Å². The maximum Gasteiger partial charge on any atom is 0.202 e. The van der Waals surface area contributed by atoms with Gasteiger partial charge in [0.25, 0.3) is 0 Å². The molecule has 1 nitrogen and oxygen atoms in total. The molecule has 2 aliphatic rings. The van der Waals surface area contributed by atoms with Crippen molar-refractivity contribution < 1.29 is 4.79 Å². The van der Waals surface area contributed by atoms with Gasteiger partial charge in [-0.3, -0.25) is 4.79 Å². The highest BCUT2D eigenvalue weighted by Gasteiger charge is 2.37. The first-order chi connectivity index (χ1) is 23.1. The number of rotatable bonds is 10. The summed E-state index contributed by atoms with van der Waals surface area (Å²) >= 11 is 0. The molecule has 0 bridgehead atoms. The highest BCUT2D eigenvalue weighted by atomic mass is 28.3. The predicted octanol–water partition coefficient (Wildman–Crippen LogP) is 7.11. The molecule has 0 spiro atoms. The topological polar surface area (TPSA) is 17.1 Å². The van der Waals surface area contributed by atoms with Crippen LogP contribution in [-0.4, -0.2) is 21.9 Å². The van der Waals surface area contributed by atoms with Crippen molar-refractivity contribution in [2.45, 2.75) is 44.2 Å². The molecule has 0 amide bonds. The Labute approximate surface area is 282 Å². The van der Waals surface area contributed by atoms with E-state index in [1.54, 1.807) is 0 Å². The Bertz CT molecular complexity index is 1730. The van der Waals surface area contributed by atoms with Crippen molar-refractivity contribution in [2.24, 2.45) is 0 Å². The van der Waals surface area contributed by atoms with Gasteiger partial charge < -0.3 is 0 Å². The summed E-state index contributed by atoms with van der Waals surface area (Å²) in [5.74, 6) is 7.30. The molecule has 0 aromatic heterocycles. The molecule has 1 saturated carbocycles. The Kier molecular flexibility index (Phi) is 9.98. The van der Waals surface area contributed by atoms with Crippen molar-refractivity contribution in [3.63, 3.8) is 0 Å². The zero-order valence-corrected chi connectivity index (χ0v) is 29.0. The third-order valence-electron chi connectivity index (χ3n) is 9.60. The number of allylic oxidation sites excluding steroid dienone is 6. The maximum atomic E-state index is 14.1. The smallest absolute Gasteiger partial charge is 0.202 e. The van der Waals surface area contributed by atoms with E-state index in [0.29, 0.717) is 12.8 Å². The third-order valence-corrected chi connectivity index (χ3v) is 17.9. The number of hydrogen-bond acceptors (Lipinski definition) is 1. The van der Waals surface area contributed by atoms with Gasteiger partial charge in [0.15, 0.2) is 5.78 Å². The average Bonchev–Trinajstić information content (AvgIpc) is 3.70. The Balaban J connectivity index is 1.32. The lowest BCUT2D eigenvalue weighted by Crippen LogP contribution is -2.57. The summed E-state index contributed by atoms with van der Waals surface area (Å²) in [5.41, 5.74) is 11.9. The number of ketones is 1. The number of fused-ring (bicyclic) bond motifs is 1. The molecule has 0 radical (unpaired) electrons. The zero-order valence-electron chi connectivity index (χ0n) is 27.0. The van der Waals surface area contributed by atoms with Crippen LogP contribution in [0.4, 0.5) is 0 Å². The molecule has 2 aliphatic carbocycles. The summed E-state index contributed by atoms with van der Waals surface area (Å²) in [6.07, 6.45) is 7.95. The summed E-state index contributed by atoms with van der Waals surface area (Å²) in [7, 11) is -4.92. The van der Waals surface area contributed by atoms with Crippen molar-refractivity contribution >= 4 is 42.7 Å². The fourth-order valence-corrected chi connectivity index (χ4v) is 14.4. The molecule has 230 valence electrons. The lowest BCUT2D eigenvalue weighted by molar-refractivity contribution is -0.112. The van der Waals surface area contributed by atoms with E-state index in [0.717, 1.165) is 42.5 Å². The molecular formula is C44H40OSi2. The van der Waals surface area contributed by atoms with Crippen molar-refractivity contribution in [3.8, 4) is 22.9 Å². The van der Waals surface area contributed by atoms with Crippen molar-refractivity contribution in [1.82, 2.24) is 0 Å². The monoisotopic (exact) mass is 640 g/mol. The van der Waals surface area contributed by atoms with Crippen LogP contribution in [0.2, 0.25) is 12.1 Å². The van der Waals surface area contributed by atoms with Crippen LogP contribution in [-0.2, 0) is 4.79 Å². The fraction of sp³-hybridized carbons (Fsp3) is 0.159. The van der Waals surface area contributed by atoms with Gasteiger partial charge in [-0.25, -0.2) is 0 Å². The number of carbonyl (C=O) groups is 1. The first kappa shape index (κ1) is 32.0. The van der Waals surface area contributed by atoms with E-state index in [1.807, 2.05) is 12.2 Å². The molecule has 0 unspecified atom stereocenters. The van der Waals surface area contributed by atoms with Crippen LogP contribution in [0.3, 0.4) is 0 Å². The summed E-state index contributed by atoms with van der Waals surface area (Å²) in [6.45, 7) is 8.25. The van der Waals surface area contributed by atoms with E-state index in [-0.39, 0.29) is 5.78 Å². The van der Waals surface area contributed by atoms with Gasteiger partial charge in [0.1, 0.15) is 0 Å². The second-order valence-electron chi connectivity index (χ2n) is 12.3. The van der Waals surface area contributed by atoms with Crippen LogP contribution in [0.1, 0.15) is 32.1 Å². The minimum absolute atomic E-state index is 0.157. The van der Waals surface area contributed by atoms with Gasteiger partial charge >= 0.3 is 0 Å². The molecular weight excluding hydrogens is 601 g/mol. The van der Waals surface area contributed by atoms with E-state index in [9.17, 15) is 4.79 Å². The molecule has 0 saturated heterocycles. The van der Waals surface area contributed by atoms with Gasteiger partial charge in [0.2, 0.25) is 16.1 Å². The average molecular weight is 641 g/mol. The lowest BCUT2D eigenvalue weighted by atomic mass is 10.0. The van der Waals surface area contributed by atoms with Gasteiger partial charge in [0.05, 0.1) is 0 Å². The van der Waals surface area contributed by atoms with Gasteiger partial charge in [-0.2, -0.15) is 0 Å². The SMILES string of the molecule is C=CC[Si](C#CCC1=C2CCCC2=C(CC#C[Si](CC=C)(c2ccccc2)c2ccccc2)C1=O)(c1ccccc1)c1ccccc1. The second-order valence-corrected chi connectivity index (χ2v) is 19.6. The molecule has 1 fully saturated rings. The summed E-state index contributed by atoms with van der Waals surface area (Å²) in [5, 5.41) is 5.09. The predicted molar refractivity (Wildman–Crippen MR) is 204 cm³/mol. The Morgan fingerprint density at radius 1 is 0.532 bits per heavy atom. The van der Waals surface area contributed by atoms with E-state index >= 15 is 0 Å². The summed E-state index contributed by atoms with van der Waals surface area (Å²) < 4.78 is 0. The van der Waals surface area contributed by atoms with E-state index in [2.05, 4.69) is 157 Å². The second kappa shape index (κ2) is 14.7. The molecule has 0 N–H and O–H groups in total. The normalized spacial score (nSPS) is 14.2. The quantitative estimate of drug-likeness (QED) is 0.103. The Morgan fingerprint density at radius 3 is 1.15 bits per heavy atom. The number of benzene rings is 4.